The van der Waals surface area contributed by atoms with Crippen LogP contribution in [0.3, 0.4) is 0 Å². The Morgan fingerprint density at radius 1 is 1.67 bits per heavy atom. The highest BCUT2D eigenvalue weighted by molar-refractivity contribution is 14.1. The minimum atomic E-state index is -1.07. The van der Waals surface area contributed by atoms with Crippen molar-refractivity contribution in [2.75, 3.05) is 12.3 Å². The summed E-state index contributed by atoms with van der Waals surface area (Å²) in [6.45, 7) is -0.452. The van der Waals surface area contributed by atoms with Crippen molar-refractivity contribution in [3.63, 3.8) is 0 Å². The van der Waals surface area contributed by atoms with Gasteiger partial charge in [-0.05, 0) is 34.7 Å². The Labute approximate surface area is 99.6 Å². The molecule has 1 aromatic carbocycles. The average Bonchev–Trinajstić information content (AvgIpc) is 2.15. The SMILES string of the molecule is N#Cc1cc(N)c(OCC(=O)O)c(I)c1. The fourth-order valence-electron chi connectivity index (χ4n) is 0.965. The number of carboxylic acid groups (broad SMARTS) is 1. The van der Waals surface area contributed by atoms with Crippen LogP contribution >= 0.6 is 22.6 Å². The predicted octanol–water partition coefficient (Wildman–Crippen LogP) is 1.21. The van der Waals surface area contributed by atoms with Crippen molar-refractivity contribution >= 4 is 34.2 Å². The summed E-state index contributed by atoms with van der Waals surface area (Å²) in [6, 6.07) is 4.97. The highest BCUT2D eigenvalue weighted by Gasteiger charge is 2.09. The number of nitrogens with two attached hydrogens (primary N) is 1. The first kappa shape index (κ1) is 11.6. The fraction of sp³-hybridized carbons (Fsp3) is 0.111. The van der Waals surface area contributed by atoms with E-state index in [1.807, 2.05) is 28.7 Å². The summed E-state index contributed by atoms with van der Waals surface area (Å²) in [4.78, 5) is 10.3. The number of nitriles is 1. The van der Waals surface area contributed by atoms with E-state index in [9.17, 15) is 4.79 Å². The predicted molar refractivity (Wildman–Crippen MR) is 61.4 cm³/mol. The number of halogens is 1. The Morgan fingerprint density at radius 3 is 2.80 bits per heavy atom. The number of hydrogen-bond donors (Lipinski definition) is 2. The molecule has 78 valence electrons. The summed E-state index contributed by atoms with van der Waals surface area (Å²) in [5, 5.41) is 17.1. The molecule has 15 heavy (non-hydrogen) atoms. The van der Waals surface area contributed by atoms with Gasteiger partial charge >= 0.3 is 5.97 Å². The van der Waals surface area contributed by atoms with Crippen LogP contribution in [0.4, 0.5) is 5.69 Å². The van der Waals surface area contributed by atoms with Crippen molar-refractivity contribution in [2.24, 2.45) is 0 Å². The maximum Gasteiger partial charge on any atom is 0.341 e. The van der Waals surface area contributed by atoms with Gasteiger partial charge in [0.2, 0.25) is 0 Å². The van der Waals surface area contributed by atoms with E-state index in [2.05, 4.69) is 0 Å². The van der Waals surface area contributed by atoms with Crippen LogP contribution in [0.25, 0.3) is 0 Å². The molecule has 0 aromatic heterocycles. The number of hydrogen-bond acceptors (Lipinski definition) is 4. The van der Waals surface area contributed by atoms with E-state index in [1.54, 1.807) is 6.07 Å². The minimum absolute atomic E-state index is 0.264. The molecular formula is C9H7IN2O3. The topological polar surface area (TPSA) is 96.3 Å². The molecule has 0 aliphatic heterocycles. The second kappa shape index (κ2) is 4.84. The molecule has 0 bridgehead atoms. The summed E-state index contributed by atoms with van der Waals surface area (Å²) >= 11 is 1.93. The lowest BCUT2D eigenvalue weighted by Gasteiger charge is -2.09. The van der Waals surface area contributed by atoms with Gasteiger partial charge in [0.1, 0.15) is 0 Å². The van der Waals surface area contributed by atoms with E-state index in [0.717, 1.165) is 0 Å². The summed E-state index contributed by atoms with van der Waals surface area (Å²) in [5.41, 5.74) is 6.29. The molecule has 0 amide bonds. The minimum Gasteiger partial charge on any atom is -0.479 e. The van der Waals surface area contributed by atoms with Crippen LogP contribution in [0, 0.1) is 14.9 Å². The van der Waals surface area contributed by atoms with E-state index in [4.69, 9.17) is 20.8 Å². The van der Waals surface area contributed by atoms with Gasteiger partial charge in [-0.3, -0.25) is 0 Å². The summed E-state index contributed by atoms with van der Waals surface area (Å²) in [6.07, 6.45) is 0. The Kier molecular flexibility index (Phi) is 3.74. The molecule has 0 saturated carbocycles. The van der Waals surface area contributed by atoms with E-state index in [-0.39, 0.29) is 5.69 Å². The molecule has 0 spiro atoms. The van der Waals surface area contributed by atoms with Crippen LogP contribution in [-0.4, -0.2) is 17.7 Å². The lowest BCUT2D eigenvalue weighted by Crippen LogP contribution is -2.11. The van der Waals surface area contributed by atoms with Crippen molar-refractivity contribution in [2.45, 2.75) is 0 Å². The number of ether oxygens (including phenoxy) is 1. The lowest BCUT2D eigenvalue weighted by atomic mass is 10.2. The number of carbonyl (C=O) groups is 1. The van der Waals surface area contributed by atoms with Crippen molar-refractivity contribution < 1.29 is 14.6 Å². The Bertz CT molecular complexity index is 416. The average molecular weight is 318 g/mol. The largest absolute Gasteiger partial charge is 0.479 e. The molecule has 0 radical (unpaired) electrons. The van der Waals surface area contributed by atoms with Crippen LogP contribution in [-0.2, 0) is 4.79 Å². The van der Waals surface area contributed by atoms with E-state index in [1.165, 1.54) is 6.07 Å². The molecule has 1 rings (SSSR count). The first-order valence-corrected chi connectivity index (χ1v) is 4.96. The van der Waals surface area contributed by atoms with Crippen molar-refractivity contribution in [1.29, 1.82) is 5.26 Å². The molecule has 0 saturated heterocycles. The number of carboxylic acids is 1. The van der Waals surface area contributed by atoms with Crippen LogP contribution < -0.4 is 10.5 Å². The van der Waals surface area contributed by atoms with Crippen molar-refractivity contribution in [3.8, 4) is 11.8 Å². The Balaban J connectivity index is 2.99. The second-order valence-corrected chi connectivity index (χ2v) is 3.83. The van der Waals surface area contributed by atoms with Gasteiger partial charge in [-0.15, -0.1) is 0 Å². The molecular weight excluding hydrogens is 311 g/mol. The van der Waals surface area contributed by atoms with Crippen LogP contribution in [0.2, 0.25) is 0 Å². The molecule has 6 heteroatoms. The van der Waals surface area contributed by atoms with Gasteiger partial charge in [0.25, 0.3) is 0 Å². The van der Waals surface area contributed by atoms with Crippen LogP contribution in [0.5, 0.6) is 5.75 Å². The van der Waals surface area contributed by atoms with Crippen LogP contribution in [0.15, 0.2) is 12.1 Å². The first-order chi connectivity index (χ1) is 7.04. The number of nitrogen functional groups attached to an aromatic ring is 1. The van der Waals surface area contributed by atoms with Crippen molar-refractivity contribution in [1.82, 2.24) is 0 Å². The first-order valence-electron chi connectivity index (χ1n) is 3.88. The zero-order chi connectivity index (χ0) is 11.4. The Hall–Kier alpha value is -1.49. The quantitative estimate of drug-likeness (QED) is 0.645. The smallest absolute Gasteiger partial charge is 0.341 e. The highest BCUT2D eigenvalue weighted by atomic mass is 127. The van der Waals surface area contributed by atoms with Crippen molar-refractivity contribution in [3.05, 3.63) is 21.3 Å². The zero-order valence-corrected chi connectivity index (χ0v) is 9.69. The Morgan fingerprint density at radius 2 is 2.33 bits per heavy atom. The van der Waals surface area contributed by atoms with Gasteiger partial charge in [-0.2, -0.15) is 5.26 Å². The monoisotopic (exact) mass is 318 g/mol. The summed E-state index contributed by atoms with van der Waals surface area (Å²) < 4.78 is 5.60. The number of anilines is 1. The molecule has 3 N–H and O–H groups in total. The lowest BCUT2D eigenvalue weighted by molar-refractivity contribution is -0.139. The zero-order valence-electron chi connectivity index (χ0n) is 7.53. The van der Waals surface area contributed by atoms with E-state index in [0.29, 0.717) is 14.9 Å². The third-order valence-electron chi connectivity index (χ3n) is 1.54. The third-order valence-corrected chi connectivity index (χ3v) is 2.34. The molecule has 0 fully saturated rings. The van der Waals surface area contributed by atoms with E-state index < -0.39 is 12.6 Å². The summed E-state index contributed by atoms with van der Waals surface area (Å²) in [7, 11) is 0. The molecule has 5 nitrogen and oxygen atoms in total. The molecule has 0 aliphatic rings. The maximum absolute atomic E-state index is 10.3. The van der Waals surface area contributed by atoms with Gasteiger partial charge in [0.15, 0.2) is 12.4 Å². The number of benzene rings is 1. The van der Waals surface area contributed by atoms with Gasteiger partial charge in [-0.25, -0.2) is 4.79 Å². The fourth-order valence-corrected chi connectivity index (χ4v) is 1.77. The maximum atomic E-state index is 10.3. The summed E-state index contributed by atoms with van der Waals surface area (Å²) in [5.74, 6) is -0.772. The van der Waals surface area contributed by atoms with Gasteiger partial charge in [0, 0.05) is 0 Å². The van der Waals surface area contributed by atoms with Crippen LogP contribution in [0.1, 0.15) is 5.56 Å². The van der Waals surface area contributed by atoms with E-state index >= 15 is 0 Å². The third kappa shape index (κ3) is 2.99. The van der Waals surface area contributed by atoms with Gasteiger partial charge in [0.05, 0.1) is 20.9 Å². The molecule has 0 aliphatic carbocycles. The number of aliphatic carboxylic acids is 1. The molecule has 0 unspecified atom stereocenters. The highest BCUT2D eigenvalue weighted by Crippen LogP contribution is 2.29. The normalized spacial score (nSPS) is 9.33. The van der Waals surface area contributed by atoms with Gasteiger partial charge < -0.3 is 15.6 Å². The number of nitrogens with zero attached hydrogens (tertiary/aromatic N) is 1. The molecule has 1 aromatic rings. The molecule has 0 heterocycles. The molecule has 0 atom stereocenters. The standard InChI is InChI=1S/C9H7IN2O3/c10-6-1-5(3-11)2-7(12)9(6)15-4-8(13)14/h1-2H,4,12H2,(H,13,14). The second-order valence-electron chi connectivity index (χ2n) is 2.67. The number of rotatable bonds is 3. The van der Waals surface area contributed by atoms with Gasteiger partial charge in [-0.1, -0.05) is 0 Å².